The highest BCUT2D eigenvalue weighted by atomic mass is 35.5. The van der Waals surface area contributed by atoms with Crippen LogP contribution in [0.5, 0.6) is 0 Å². The van der Waals surface area contributed by atoms with Gasteiger partial charge in [-0.05, 0) is 36.2 Å². The molecule has 1 heterocycles. The first-order chi connectivity index (χ1) is 16.5. The van der Waals surface area contributed by atoms with E-state index >= 15 is 0 Å². The zero-order valence-electron chi connectivity index (χ0n) is 19.7. The van der Waals surface area contributed by atoms with Gasteiger partial charge in [0, 0.05) is 28.8 Å². The molecule has 7 nitrogen and oxygen atoms in total. The third kappa shape index (κ3) is 7.55. The van der Waals surface area contributed by atoms with E-state index in [1.807, 2.05) is 24.3 Å². The predicted octanol–water partition coefficient (Wildman–Crippen LogP) is 7.65. The number of anilines is 1. The third-order valence-electron chi connectivity index (χ3n) is 6.12. The molecular formula is C26H33ClN4O3. The highest BCUT2D eigenvalue weighted by molar-refractivity contribution is 6.30. The summed E-state index contributed by atoms with van der Waals surface area (Å²) in [6.45, 7) is 2.74. The fraction of sp³-hybridized carbons (Fsp3) is 0.462. The Bertz CT molecular complexity index is 977. The van der Waals surface area contributed by atoms with Gasteiger partial charge in [0.25, 0.3) is 5.69 Å². The van der Waals surface area contributed by atoms with Crippen molar-refractivity contribution in [2.75, 3.05) is 11.9 Å². The van der Waals surface area contributed by atoms with Gasteiger partial charge in [-0.1, -0.05) is 82.0 Å². The van der Waals surface area contributed by atoms with Gasteiger partial charge in [0.05, 0.1) is 17.2 Å². The van der Waals surface area contributed by atoms with E-state index in [1.165, 1.54) is 74.2 Å². The van der Waals surface area contributed by atoms with Crippen molar-refractivity contribution < 1.29 is 9.72 Å². The zero-order valence-corrected chi connectivity index (χ0v) is 20.5. The maximum Gasteiger partial charge on any atom is 0.342 e. The number of rotatable bonds is 12. The molecule has 2 aromatic carbocycles. The minimum absolute atomic E-state index is 0.0207. The van der Waals surface area contributed by atoms with E-state index in [-0.39, 0.29) is 17.6 Å². The Hall–Kier alpha value is -2.93. The van der Waals surface area contributed by atoms with E-state index in [0.717, 1.165) is 24.1 Å². The van der Waals surface area contributed by atoms with Crippen LogP contribution < -0.4 is 5.32 Å². The van der Waals surface area contributed by atoms with E-state index in [2.05, 4.69) is 17.3 Å². The summed E-state index contributed by atoms with van der Waals surface area (Å²) >= 11 is 6.06. The number of nitro groups is 1. The van der Waals surface area contributed by atoms with E-state index < -0.39 is 4.92 Å². The summed E-state index contributed by atoms with van der Waals surface area (Å²) in [6, 6.07) is 13.0. The Morgan fingerprint density at radius 2 is 1.65 bits per heavy atom. The van der Waals surface area contributed by atoms with Crippen LogP contribution in [0.1, 0.15) is 70.3 Å². The molecule has 34 heavy (non-hydrogen) atoms. The van der Waals surface area contributed by atoms with Gasteiger partial charge in [-0.2, -0.15) is 5.10 Å². The van der Waals surface area contributed by atoms with Crippen molar-refractivity contribution in [3.8, 4) is 0 Å². The molecule has 1 aliphatic heterocycles. The van der Waals surface area contributed by atoms with Crippen LogP contribution in [-0.2, 0) is 0 Å². The van der Waals surface area contributed by atoms with E-state index in [9.17, 15) is 14.9 Å². The van der Waals surface area contributed by atoms with Crippen molar-refractivity contribution in [2.24, 2.45) is 11.0 Å². The lowest BCUT2D eigenvalue weighted by Crippen LogP contribution is -2.30. The van der Waals surface area contributed by atoms with E-state index in [1.54, 1.807) is 0 Å². The van der Waals surface area contributed by atoms with Gasteiger partial charge < -0.3 is 5.32 Å². The molecule has 0 saturated heterocycles. The third-order valence-corrected chi connectivity index (χ3v) is 6.37. The summed E-state index contributed by atoms with van der Waals surface area (Å²) in [5.41, 5.74) is 2.34. The number of unbranched alkanes of at least 4 members (excludes halogenated alkanes) is 7. The summed E-state index contributed by atoms with van der Waals surface area (Å²) in [6.07, 6.45) is 11.0. The Kier molecular flexibility index (Phi) is 9.89. The summed E-state index contributed by atoms with van der Waals surface area (Å²) in [7, 11) is 0. The van der Waals surface area contributed by atoms with Crippen molar-refractivity contribution in [1.82, 2.24) is 5.01 Å². The Morgan fingerprint density at radius 1 is 1.03 bits per heavy atom. The lowest BCUT2D eigenvalue weighted by atomic mass is 9.92. The Morgan fingerprint density at radius 3 is 2.26 bits per heavy atom. The fourth-order valence-corrected chi connectivity index (χ4v) is 4.32. The Balaban J connectivity index is 1.60. The van der Waals surface area contributed by atoms with Crippen LogP contribution in [0.2, 0.25) is 5.02 Å². The highest BCUT2D eigenvalue weighted by Crippen LogP contribution is 2.27. The molecule has 182 valence electrons. The molecule has 0 fully saturated rings. The number of hydrogen-bond donors (Lipinski definition) is 1. The van der Waals surface area contributed by atoms with Crippen LogP contribution in [0.3, 0.4) is 0 Å². The average molecular weight is 485 g/mol. The van der Waals surface area contributed by atoms with Crippen LogP contribution in [0.15, 0.2) is 53.6 Å². The minimum atomic E-state index is -0.468. The minimum Gasteiger partial charge on any atom is -0.306 e. The molecule has 0 aromatic heterocycles. The maximum atomic E-state index is 12.9. The van der Waals surface area contributed by atoms with Gasteiger partial charge in [0.15, 0.2) is 0 Å². The molecule has 0 radical (unpaired) electrons. The first kappa shape index (κ1) is 25.7. The molecular weight excluding hydrogens is 452 g/mol. The number of hydrogen-bond acceptors (Lipinski definition) is 4. The molecule has 0 aliphatic carbocycles. The number of urea groups is 1. The monoisotopic (exact) mass is 484 g/mol. The molecule has 2 amide bonds. The van der Waals surface area contributed by atoms with Crippen LogP contribution in [0, 0.1) is 16.0 Å². The molecule has 0 bridgehead atoms. The summed E-state index contributed by atoms with van der Waals surface area (Å²) in [5.74, 6) is 0.156. The number of non-ortho nitro benzene ring substituents is 1. The van der Waals surface area contributed by atoms with Crippen LogP contribution in [-0.4, -0.2) is 28.2 Å². The van der Waals surface area contributed by atoms with Crippen molar-refractivity contribution in [1.29, 1.82) is 0 Å². The van der Waals surface area contributed by atoms with Crippen molar-refractivity contribution in [2.45, 2.75) is 64.7 Å². The second kappa shape index (κ2) is 13.1. The normalized spacial score (nSPS) is 15.3. The fourth-order valence-electron chi connectivity index (χ4n) is 4.20. The van der Waals surface area contributed by atoms with Gasteiger partial charge in [-0.3, -0.25) is 10.1 Å². The first-order valence-corrected chi connectivity index (χ1v) is 12.5. The van der Waals surface area contributed by atoms with Crippen molar-refractivity contribution in [3.63, 3.8) is 0 Å². The predicted molar refractivity (Wildman–Crippen MR) is 138 cm³/mol. The lowest BCUT2D eigenvalue weighted by Gasteiger charge is -2.15. The number of halogens is 1. The second-order valence-corrected chi connectivity index (χ2v) is 9.21. The number of carbonyl (C=O) groups excluding carboxylic acids is 1. The van der Waals surface area contributed by atoms with Gasteiger partial charge in [0.2, 0.25) is 0 Å². The highest BCUT2D eigenvalue weighted by Gasteiger charge is 2.30. The maximum absolute atomic E-state index is 12.9. The van der Waals surface area contributed by atoms with Crippen LogP contribution in [0.4, 0.5) is 16.2 Å². The zero-order chi connectivity index (χ0) is 24.3. The number of nitrogens with zero attached hydrogens (tertiary/aromatic N) is 3. The summed E-state index contributed by atoms with van der Waals surface area (Å²) < 4.78 is 0. The average Bonchev–Trinajstić information content (AvgIpc) is 3.26. The van der Waals surface area contributed by atoms with Crippen LogP contribution >= 0.6 is 11.6 Å². The SMILES string of the molecule is CCCCCCCCCCC1CN(C(=O)Nc2ccc([N+](=O)[O-])cc2)N=C1c1ccc(Cl)cc1. The molecule has 1 unspecified atom stereocenters. The Labute approximate surface area is 206 Å². The molecule has 1 atom stereocenters. The summed E-state index contributed by atoms with van der Waals surface area (Å²) in [5, 5.41) is 20.4. The molecule has 0 saturated carbocycles. The topological polar surface area (TPSA) is 87.8 Å². The number of carbonyl (C=O) groups is 1. The van der Waals surface area contributed by atoms with Crippen molar-refractivity contribution >= 4 is 34.7 Å². The number of nitro benzene ring substituents is 1. The van der Waals surface area contributed by atoms with E-state index in [4.69, 9.17) is 11.6 Å². The second-order valence-electron chi connectivity index (χ2n) is 8.77. The van der Waals surface area contributed by atoms with Gasteiger partial charge in [-0.15, -0.1) is 0 Å². The molecule has 0 spiro atoms. The standard InChI is InChI=1S/C26H33ClN4O3/c1-2-3-4-5-6-7-8-9-10-21-19-30(29-25(21)20-11-13-22(27)14-12-20)26(32)28-23-15-17-24(18-16-23)31(33)34/h11-18,21H,2-10,19H2,1H3,(H,28,32). The van der Waals surface area contributed by atoms with Gasteiger partial charge in [-0.25, -0.2) is 9.80 Å². The van der Waals surface area contributed by atoms with Gasteiger partial charge >= 0.3 is 6.03 Å². The molecule has 8 heteroatoms. The van der Waals surface area contributed by atoms with Crippen LogP contribution in [0.25, 0.3) is 0 Å². The summed E-state index contributed by atoms with van der Waals surface area (Å²) in [4.78, 5) is 23.2. The number of amides is 2. The lowest BCUT2D eigenvalue weighted by molar-refractivity contribution is -0.384. The molecule has 3 rings (SSSR count). The van der Waals surface area contributed by atoms with Crippen molar-refractivity contribution in [3.05, 3.63) is 69.2 Å². The number of hydrazone groups is 1. The number of nitrogens with one attached hydrogen (secondary N) is 1. The quantitative estimate of drug-likeness (QED) is 0.190. The first-order valence-electron chi connectivity index (χ1n) is 12.2. The smallest absolute Gasteiger partial charge is 0.306 e. The molecule has 1 aliphatic rings. The number of benzene rings is 2. The molecule has 1 N–H and O–H groups in total. The largest absolute Gasteiger partial charge is 0.342 e. The van der Waals surface area contributed by atoms with E-state index in [0.29, 0.717) is 17.3 Å². The van der Waals surface area contributed by atoms with Gasteiger partial charge in [0.1, 0.15) is 0 Å². The molecule has 2 aromatic rings.